The van der Waals surface area contributed by atoms with Crippen molar-refractivity contribution in [3.8, 4) is 0 Å². The molecule has 1 aliphatic rings. The molecule has 0 aliphatic carbocycles. The molecule has 3 aromatic rings. The van der Waals surface area contributed by atoms with Crippen LogP contribution in [0.2, 0.25) is 0 Å². The Labute approximate surface area is 156 Å². The molecule has 2 N–H and O–H groups in total. The van der Waals surface area contributed by atoms with Gasteiger partial charge >= 0.3 is 0 Å². The van der Waals surface area contributed by atoms with Crippen molar-refractivity contribution in [2.75, 3.05) is 18.8 Å². The fraction of sp³-hybridized carbons (Fsp3) is 0.389. The fourth-order valence-electron chi connectivity index (χ4n) is 3.46. The minimum atomic E-state index is -0.00159. The quantitative estimate of drug-likeness (QED) is 0.740. The van der Waals surface area contributed by atoms with Gasteiger partial charge in [0.1, 0.15) is 18.2 Å². The van der Waals surface area contributed by atoms with Gasteiger partial charge in [0.15, 0.2) is 5.82 Å². The van der Waals surface area contributed by atoms with Crippen LogP contribution in [0.25, 0.3) is 0 Å². The van der Waals surface area contributed by atoms with Crippen molar-refractivity contribution >= 4 is 11.7 Å². The first kappa shape index (κ1) is 17.2. The number of carbonyl (C=O) groups excluding carboxylic acids is 1. The SMILES string of the molecule is Cn1c(Cn2cccn2)nnc1C1CCN(C(=O)c2ccc(N)nc2)CC1. The molecule has 3 aromatic heterocycles. The van der Waals surface area contributed by atoms with Gasteiger partial charge in [-0.05, 0) is 31.0 Å². The Hall–Kier alpha value is -3.23. The van der Waals surface area contributed by atoms with E-state index in [-0.39, 0.29) is 5.91 Å². The van der Waals surface area contributed by atoms with Crippen molar-refractivity contribution in [1.29, 1.82) is 0 Å². The van der Waals surface area contributed by atoms with Crippen LogP contribution in [0.3, 0.4) is 0 Å². The first-order chi connectivity index (χ1) is 13.1. The van der Waals surface area contributed by atoms with Gasteiger partial charge in [-0.25, -0.2) is 4.98 Å². The number of nitrogen functional groups attached to an aromatic ring is 1. The molecule has 9 nitrogen and oxygen atoms in total. The summed E-state index contributed by atoms with van der Waals surface area (Å²) in [5.41, 5.74) is 6.16. The zero-order chi connectivity index (χ0) is 18.8. The second-order valence-corrected chi connectivity index (χ2v) is 6.78. The van der Waals surface area contributed by atoms with Crippen LogP contribution in [0, 0.1) is 0 Å². The highest BCUT2D eigenvalue weighted by molar-refractivity contribution is 5.94. The summed E-state index contributed by atoms with van der Waals surface area (Å²) in [6, 6.07) is 5.27. The lowest BCUT2D eigenvalue weighted by Crippen LogP contribution is -2.38. The van der Waals surface area contributed by atoms with Gasteiger partial charge in [0, 0.05) is 44.6 Å². The van der Waals surface area contributed by atoms with Gasteiger partial charge in [0.25, 0.3) is 5.91 Å². The molecule has 27 heavy (non-hydrogen) atoms. The number of anilines is 1. The highest BCUT2D eigenvalue weighted by Crippen LogP contribution is 2.27. The zero-order valence-corrected chi connectivity index (χ0v) is 15.2. The van der Waals surface area contributed by atoms with Crippen molar-refractivity contribution < 1.29 is 4.79 Å². The van der Waals surface area contributed by atoms with Crippen LogP contribution < -0.4 is 5.73 Å². The summed E-state index contributed by atoms with van der Waals surface area (Å²) in [5, 5.41) is 12.9. The van der Waals surface area contributed by atoms with E-state index in [1.807, 2.05) is 33.5 Å². The van der Waals surface area contributed by atoms with Crippen LogP contribution in [0.4, 0.5) is 5.82 Å². The van der Waals surface area contributed by atoms with Crippen LogP contribution in [0.1, 0.15) is 40.8 Å². The number of likely N-dealkylation sites (tertiary alicyclic amines) is 1. The van der Waals surface area contributed by atoms with E-state index in [1.165, 1.54) is 6.20 Å². The number of amides is 1. The zero-order valence-electron chi connectivity index (χ0n) is 15.2. The molecule has 1 aliphatic heterocycles. The Morgan fingerprint density at radius 1 is 1.26 bits per heavy atom. The summed E-state index contributed by atoms with van der Waals surface area (Å²) >= 11 is 0. The van der Waals surface area contributed by atoms with E-state index in [9.17, 15) is 4.79 Å². The second-order valence-electron chi connectivity index (χ2n) is 6.78. The molecule has 0 unspecified atom stereocenters. The molecule has 0 atom stereocenters. The van der Waals surface area contributed by atoms with Crippen molar-refractivity contribution in [1.82, 2.24) is 34.4 Å². The number of nitrogens with zero attached hydrogens (tertiary/aromatic N) is 7. The Morgan fingerprint density at radius 2 is 2.07 bits per heavy atom. The molecule has 1 saturated heterocycles. The standard InChI is InChI=1S/C18H22N8O/c1-24-16(12-26-8-2-7-21-26)22-23-17(24)13-5-9-25(10-6-13)18(27)14-3-4-15(19)20-11-14/h2-4,7-8,11,13H,5-6,9-10,12H2,1H3,(H2,19,20). The highest BCUT2D eigenvalue weighted by atomic mass is 16.2. The van der Waals surface area contributed by atoms with Crippen LogP contribution in [0.5, 0.6) is 0 Å². The number of piperidine rings is 1. The predicted octanol–water partition coefficient (Wildman–Crippen LogP) is 1.06. The van der Waals surface area contributed by atoms with Crippen LogP contribution in [-0.2, 0) is 13.6 Å². The van der Waals surface area contributed by atoms with Crippen LogP contribution >= 0.6 is 0 Å². The van der Waals surface area contributed by atoms with Crippen LogP contribution in [0.15, 0.2) is 36.8 Å². The largest absolute Gasteiger partial charge is 0.384 e. The van der Waals surface area contributed by atoms with E-state index in [0.717, 1.165) is 24.5 Å². The average molecular weight is 366 g/mol. The lowest BCUT2D eigenvalue weighted by Gasteiger charge is -2.31. The summed E-state index contributed by atoms with van der Waals surface area (Å²) in [5.74, 6) is 2.55. The number of carbonyl (C=O) groups is 1. The van der Waals surface area contributed by atoms with Crippen molar-refractivity contribution in [2.24, 2.45) is 7.05 Å². The molecule has 0 bridgehead atoms. The van der Waals surface area contributed by atoms with E-state index >= 15 is 0 Å². The number of aromatic nitrogens is 6. The number of hydrogen-bond acceptors (Lipinski definition) is 6. The Bertz CT molecular complexity index is 908. The molecule has 9 heteroatoms. The third kappa shape index (κ3) is 3.53. The van der Waals surface area contributed by atoms with Gasteiger partial charge in [-0.3, -0.25) is 9.48 Å². The summed E-state index contributed by atoms with van der Waals surface area (Å²) < 4.78 is 3.88. The molecule has 4 rings (SSSR count). The third-order valence-corrected chi connectivity index (χ3v) is 5.04. The van der Waals surface area contributed by atoms with Gasteiger partial charge in [-0.1, -0.05) is 0 Å². The van der Waals surface area contributed by atoms with E-state index < -0.39 is 0 Å². The first-order valence-corrected chi connectivity index (χ1v) is 8.98. The lowest BCUT2D eigenvalue weighted by molar-refractivity contribution is 0.0710. The Morgan fingerprint density at radius 3 is 2.74 bits per heavy atom. The minimum Gasteiger partial charge on any atom is -0.384 e. The molecule has 0 spiro atoms. The topological polar surface area (TPSA) is 108 Å². The summed E-state index contributed by atoms with van der Waals surface area (Å²) in [6.45, 7) is 1.97. The maximum absolute atomic E-state index is 12.6. The maximum Gasteiger partial charge on any atom is 0.255 e. The number of rotatable bonds is 4. The van der Waals surface area contributed by atoms with E-state index in [0.29, 0.717) is 36.9 Å². The monoisotopic (exact) mass is 366 g/mol. The molecule has 1 fully saturated rings. The minimum absolute atomic E-state index is 0.00159. The van der Waals surface area contributed by atoms with Gasteiger partial charge in [0.2, 0.25) is 0 Å². The predicted molar refractivity (Wildman–Crippen MR) is 98.9 cm³/mol. The van der Waals surface area contributed by atoms with E-state index in [1.54, 1.807) is 18.3 Å². The smallest absolute Gasteiger partial charge is 0.255 e. The van der Waals surface area contributed by atoms with Crippen molar-refractivity contribution in [2.45, 2.75) is 25.3 Å². The van der Waals surface area contributed by atoms with Crippen LogP contribution in [-0.4, -0.2) is 53.4 Å². The van der Waals surface area contributed by atoms with Crippen molar-refractivity contribution in [3.63, 3.8) is 0 Å². The Kier molecular flexibility index (Phi) is 4.57. The van der Waals surface area contributed by atoms with E-state index in [4.69, 9.17) is 5.73 Å². The molecule has 0 saturated carbocycles. The lowest BCUT2D eigenvalue weighted by atomic mass is 9.95. The highest BCUT2D eigenvalue weighted by Gasteiger charge is 2.28. The van der Waals surface area contributed by atoms with Gasteiger partial charge in [0.05, 0.1) is 5.56 Å². The second kappa shape index (κ2) is 7.18. The summed E-state index contributed by atoms with van der Waals surface area (Å²) in [4.78, 5) is 18.5. The van der Waals surface area contributed by atoms with Gasteiger partial charge < -0.3 is 15.2 Å². The summed E-state index contributed by atoms with van der Waals surface area (Å²) in [7, 11) is 1.99. The van der Waals surface area contributed by atoms with Crippen molar-refractivity contribution in [3.05, 3.63) is 54.0 Å². The number of hydrogen-bond donors (Lipinski definition) is 1. The van der Waals surface area contributed by atoms with Gasteiger partial charge in [-0.15, -0.1) is 10.2 Å². The Balaban J connectivity index is 1.40. The molecule has 0 radical (unpaired) electrons. The molecule has 1 amide bonds. The first-order valence-electron chi connectivity index (χ1n) is 8.98. The fourth-order valence-corrected chi connectivity index (χ4v) is 3.46. The summed E-state index contributed by atoms with van der Waals surface area (Å²) in [6.07, 6.45) is 6.92. The molecular weight excluding hydrogens is 344 g/mol. The third-order valence-electron chi connectivity index (χ3n) is 5.04. The van der Waals surface area contributed by atoms with E-state index in [2.05, 4.69) is 20.3 Å². The molecular formula is C18H22N8O. The maximum atomic E-state index is 12.6. The molecule has 4 heterocycles. The number of nitrogens with two attached hydrogens (primary N) is 1. The normalized spacial score (nSPS) is 15.2. The average Bonchev–Trinajstić information content (AvgIpc) is 3.33. The van der Waals surface area contributed by atoms with Gasteiger partial charge in [-0.2, -0.15) is 5.10 Å². The molecule has 140 valence electrons. The molecule has 0 aromatic carbocycles. The number of pyridine rings is 1.